The number of hydrogen-bond acceptors (Lipinski definition) is 2. The van der Waals surface area contributed by atoms with Crippen molar-refractivity contribution >= 4 is 5.91 Å². The van der Waals surface area contributed by atoms with Crippen molar-refractivity contribution in [2.24, 2.45) is 0 Å². The molecule has 2 aromatic rings. The Morgan fingerprint density at radius 1 is 1.00 bits per heavy atom. The molecule has 0 aliphatic carbocycles. The van der Waals surface area contributed by atoms with Crippen molar-refractivity contribution in [3.8, 4) is 0 Å². The van der Waals surface area contributed by atoms with Crippen LogP contribution in [0, 0.1) is 0 Å². The molecule has 0 aliphatic heterocycles. The number of rotatable bonds is 7. The fourth-order valence-corrected chi connectivity index (χ4v) is 2.58. The number of amides is 1. The van der Waals surface area contributed by atoms with Crippen molar-refractivity contribution in [1.29, 1.82) is 0 Å². The van der Waals surface area contributed by atoms with E-state index in [4.69, 9.17) is 5.21 Å². The van der Waals surface area contributed by atoms with E-state index in [9.17, 15) is 4.79 Å². The number of hydroxylamine groups is 1. The van der Waals surface area contributed by atoms with E-state index in [0.717, 1.165) is 19.3 Å². The molecule has 0 fully saturated rings. The summed E-state index contributed by atoms with van der Waals surface area (Å²) >= 11 is 0. The molecule has 0 radical (unpaired) electrons. The van der Waals surface area contributed by atoms with E-state index in [1.165, 1.54) is 11.1 Å². The predicted octanol–water partition coefficient (Wildman–Crippen LogP) is 3.69. The van der Waals surface area contributed by atoms with Gasteiger partial charge >= 0.3 is 0 Å². The minimum absolute atomic E-state index is 0.318. The third kappa shape index (κ3) is 5.04. The Hall–Kier alpha value is -2.13. The zero-order valence-corrected chi connectivity index (χ0v) is 12.0. The molecule has 2 N–H and O–H groups in total. The zero-order valence-electron chi connectivity index (χ0n) is 12.0. The maximum absolute atomic E-state index is 11.1. The number of carbonyl (C=O) groups is 1. The molecule has 110 valence electrons. The van der Waals surface area contributed by atoms with E-state index in [1.807, 2.05) is 24.3 Å². The van der Waals surface area contributed by atoms with E-state index < -0.39 is 0 Å². The Balaban J connectivity index is 2.02. The smallest absolute Gasteiger partial charge is 0.243 e. The molecule has 3 nitrogen and oxygen atoms in total. The molecule has 1 amide bonds. The Bertz CT molecular complexity index is 540. The van der Waals surface area contributed by atoms with Gasteiger partial charge in [0.1, 0.15) is 0 Å². The zero-order chi connectivity index (χ0) is 14.9. The second-order valence-electron chi connectivity index (χ2n) is 5.22. The molecule has 0 heterocycles. The van der Waals surface area contributed by atoms with E-state index in [0.29, 0.717) is 12.3 Å². The lowest BCUT2D eigenvalue weighted by atomic mass is 9.88. The fourth-order valence-electron chi connectivity index (χ4n) is 2.58. The molecular weight excluding hydrogens is 262 g/mol. The quantitative estimate of drug-likeness (QED) is 0.601. The highest BCUT2D eigenvalue weighted by molar-refractivity contribution is 5.74. The van der Waals surface area contributed by atoms with Crippen LogP contribution in [0.2, 0.25) is 0 Å². The highest BCUT2D eigenvalue weighted by Crippen LogP contribution is 2.26. The predicted molar refractivity (Wildman–Crippen MR) is 83.1 cm³/mol. The summed E-state index contributed by atoms with van der Waals surface area (Å²) in [6.45, 7) is 0. The van der Waals surface area contributed by atoms with E-state index in [-0.39, 0.29) is 5.91 Å². The molecule has 2 aromatic carbocycles. The van der Waals surface area contributed by atoms with Gasteiger partial charge in [0.2, 0.25) is 5.91 Å². The summed E-state index contributed by atoms with van der Waals surface area (Å²) < 4.78 is 0. The molecule has 0 bridgehead atoms. The van der Waals surface area contributed by atoms with Gasteiger partial charge in [-0.05, 0) is 36.3 Å². The first-order valence-electron chi connectivity index (χ1n) is 7.31. The minimum Gasteiger partial charge on any atom is -0.289 e. The number of benzene rings is 2. The molecule has 2 rings (SSSR count). The Labute approximate surface area is 125 Å². The average Bonchev–Trinajstić information content (AvgIpc) is 2.55. The molecule has 3 heteroatoms. The summed E-state index contributed by atoms with van der Waals surface area (Å²) in [5, 5.41) is 8.55. The van der Waals surface area contributed by atoms with Crippen LogP contribution in [-0.2, 0) is 11.2 Å². The lowest BCUT2D eigenvalue weighted by Crippen LogP contribution is -2.18. The van der Waals surface area contributed by atoms with E-state index in [1.54, 1.807) is 5.48 Å². The normalized spacial score (nSPS) is 11.9. The SMILES string of the molecule is O=C(CCCC(Cc1ccccc1)c1ccccc1)NO. The van der Waals surface area contributed by atoms with Gasteiger partial charge in [0, 0.05) is 6.42 Å². The van der Waals surface area contributed by atoms with Gasteiger partial charge < -0.3 is 0 Å². The van der Waals surface area contributed by atoms with Gasteiger partial charge in [-0.15, -0.1) is 0 Å². The first-order chi connectivity index (χ1) is 10.3. The van der Waals surface area contributed by atoms with Crippen LogP contribution in [0.3, 0.4) is 0 Å². The number of nitrogens with one attached hydrogen (secondary N) is 1. The van der Waals surface area contributed by atoms with Gasteiger partial charge in [-0.2, -0.15) is 0 Å². The number of carbonyl (C=O) groups excluding carboxylic acids is 1. The van der Waals surface area contributed by atoms with E-state index in [2.05, 4.69) is 36.4 Å². The molecule has 0 saturated heterocycles. The van der Waals surface area contributed by atoms with Gasteiger partial charge in [0.25, 0.3) is 0 Å². The van der Waals surface area contributed by atoms with Gasteiger partial charge in [-0.3, -0.25) is 10.0 Å². The first kappa shape index (κ1) is 15.3. The lowest BCUT2D eigenvalue weighted by Gasteiger charge is -2.17. The molecule has 0 spiro atoms. The minimum atomic E-state index is -0.318. The highest BCUT2D eigenvalue weighted by Gasteiger charge is 2.13. The molecule has 0 aliphatic rings. The summed E-state index contributed by atoms with van der Waals surface area (Å²) in [5.74, 6) is 0.0709. The summed E-state index contributed by atoms with van der Waals surface area (Å²) in [5.41, 5.74) is 4.29. The molecule has 1 unspecified atom stereocenters. The summed E-state index contributed by atoms with van der Waals surface area (Å²) in [4.78, 5) is 11.1. The average molecular weight is 283 g/mol. The number of hydrogen-bond donors (Lipinski definition) is 2. The fraction of sp³-hybridized carbons (Fsp3) is 0.278. The molecule has 1 atom stereocenters. The molecular formula is C18H21NO2. The molecule has 0 saturated carbocycles. The van der Waals surface area contributed by atoms with Crippen molar-refractivity contribution in [2.75, 3.05) is 0 Å². The van der Waals surface area contributed by atoms with Crippen molar-refractivity contribution in [3.05, 3.63) is 71.8 Å². The third-order valence-electron chi connectivity index (χ3n) is 3.68. The molecule has 0 aromatic heterocycles. The second kappa shape index (κ2) is 8.22. The lowest BCUT2D eigenvalue weighted by molar-refractivity contribution is -0.129. The van der Waals surface area contributed by atoms with Crippen LogP contribution < -0.4 is 5.48 Å². The highest BCUT2D eigenvalue weighted by atomic mass is 16.5. The van der Waals surface area contributed by atoms with Crippen LogP contribution >= 0.6 is 0 Å². The van der Waals surface area contributed by atoms with Crippen LogP contribution in [-0.4, -0.2) is 11.1 Å². The van der Waals surface area contributed by atoms with Gasteiger partial charge in [0.05, 0.1) is 0 Å². The van der Waals surface area contributed by atoms with Crippen LogP contribution in [0.5, 0.6) is 0 Å². The largest absolute Gasteiger partial charge is 0.289 e. The third-order valence-corrected chi connectivity index (χ3v) is 3.68. The van der Waals surface area contributed by atoms with Gasteiger partial charge in [-0.1, -0.05) is 60.7 Å². The van der Waals surface area contributed by atoms with Crippen LogP contribution in [0.4, 0.5) is 0 Å². The maximum atomic E-state index is 11.1. The standard InChI is InChI=1S/C18H21NO2/c20-18(19-21)13-7-12-17(16-10-5-2-6-11-16)14-15-8-3-1-4-9-15/h1-6,8-11,17,21H,7,12-14H2,(H,19,20). The summed E-state index contributed by atoms with van der Waals surface area (Å²) in [6.07, 6.45) is 3.01. The maximum Gasteiger partial charge on any atom is 0.243 e. The summed E-state index contributed by atoms with van der Waals surface area (Å²) in [6, 6.07) is 20.8. The van der Waals surface area contributed by atoms with Crippen LogP contribution in [0.1, 0.15) is 36.3 Å². The molecule has 21 heavy (non-hydrogen) atoms. The van der Waals surface area contributed by atoms with Crippen molar-refractivity contribution in [2.45, 2.75) is 31.6 Å². The monoisotopic (exact) mass is 283 g/mol. The van der Waals surface area contributed by atoms with E-state index >= 15 is 0 Å². The van der Waals surface area contributed by atoms with Crippen molar-refractivity contribution < 1.29 is 10.0 Å². The van der Waals surface area contributed by atoms with Gasteiger partial charge in [-0.25, -0.2) is 5.48 Å². The second-order valence-corrected chi connectivity index (χ2v) is 5.22. The van der Waals surface area contributed by atoms with Gasteiger partial charge in [0.15, 0.2) is 0 Å². The van der Waals surface area contributed by atoms with Crippen LogP contribution in [0.15, 0.2) is 60.7 Å². The Morgan fingerprint density at radius 3 is 2.24 bits per heavy atom. The first-order valence-corrected chi connectivity index (χ1v) is 7.31. The Kier molecular flexibility index (Phi) is 5.98. The van der Waals surface area contributed by atoms with Crippen molar-refractivity contribution in [3.63, 3.8) is 0 Å². The topological polar surface area (TPSA) is 49.3 Å². The van der Waals surface area contributed by atoms with Crippen LogP contribution in [0.25, 0.3) is 0 Å². The Morgan fingerprint density at radius 2 is 1.62 bits per heavy atom. The summed E-state index contributed by atoms with van der Waals surface area (Å²) in [7, 11) is 0. The van der Waals surface area contributed by atoms with Crippen molar-refractivity contribution in [1.82, 2.24) is 5.48 Å².